The van der Waals surface area contributed by atoms with Crippen LogP contribution in [0.15, 0.2) is 22.7 Å². The molecule has 3 heteroatoms. The van der Waals surface area contributed by atoms with E-state index >= 15 is 0 Å². The van der Waals surface area contributed by atoms with Crippen molar-refractivity contribution in [1.29, 1.82) is 0 Å². The zero-order chi connectivity index (χ0) is 11.8. The number of nitrogens with zero attached hydrogens (tertiary/aromatic N) is 1. The van der Waals surface area contributed by atoms with Gasteiger partial charge in [-0.2, -0.15) is 0 Å². The van der Waals surface area contributed by atoms with Gasteiger partial charge in [0.25, 0.3) is 0 Å². The second kappa shape index (κ2) is 4.38. The highest BCUT2D eigenvalue weighted by Crippen LogP contribution is 2.29. The van der Waals surface area contributed by atoms with Gasteiger partial charge in [-0.05, 0) is 54.4 Å². The van der Waals surface area contributed by atoms with Gasteiger partial charge in [-0.25, -0.2) is 0 Å². The zero-order valence-electron chi connectivity index (χ0n) is 10.2. The summed E-state index contributed by atoms with van der Waals surface area (Å²) in [6.07, 6.45) is 0. The van der Waals surface area contributed by atoms with Crippen LogP contribution in [0.1, 0.15) is 19.4 Å². The maximum atomic E-state index is 3.64. The lowest BCUT2D eigenvalue weighted by atomic mass is 10.0. The lowest BCUT2D eigenvalue weighted by Crippen LogP contribution is -2.57. The van der Waals surface area contributed by atoms with Gasteiger partial charge in [0, 0.05) is 29.6 Å². The van der Waals surface area contributed by atoms with Crippen molar-refractivity contribution in [2.45, 2.75) is 26.3 Å². The molecule has 16 heavy (non-hydrogen) atoms. The fourth-order valence-corrected chi connectivity index (χ4v) is 2.71. The van der Waals surface area contributed by atoms with E-state index in [0.717, 1.165) is 19.6 Å². The molecule has 0 bridgehead atoms. The highest BCUT2D eigenvalue weighted by molar-refractivity contribution is 9.10. The molecule has 1 aliphatic rings. The Morgan fingerprint density at radius 3 is 2.81 bits per heavy atom. The predicted molar refractivity (Wildman–Crippen MR) is 73.2 cm³/mol. The first kappa shape index (κ1) is 11.9. The molecule has 0 radical (unpaired) electrons. The number of aryl methyl sites for hydroxylation is 1. The number of anilines is 1. The van der Waals surface area contributed by atoms with Gasteiger partial charge in [0.05, 0.1) is 5.69 Å². The van der Waals surface area contributed by atoms with Crippen molar-refractivity contribution in [3.63, 3.8) is 0 Å². The third kappa shape index (κ3) is 2.58. The second-order valence-electron chi connectivity index (χ2n) is 5.19. The highest BCUT2D eigenvalue weighted by Gasteiger charge is 2.26. The maximum Gasteiger partial charge on any atom is 0.0514 e. The van der Waals surface area contributed by atoms with E-state index in [0.29, 0.717) is 0 Å². The fraction of sp³-hybridized carbons (Fsp3) is 0.538. The van der Waals surface area contributed by atoms with Crippen molar-refractivity contribution in [3.8, 4) is 0 Å². The monoisotopic (exact) mass is 282 g/mol. The Morgan fingerprint density at radius 1 is 1.38 bits per heavy atom. The Kier molecular flexibility index (Phi) is 3.27. The molecule has 0 amide bonds. The summed E-state index contributed by atoms with van der Waals surface area (Å²) in [5, 5.41) is 3.54. The Hall–Kier alpha value is -0.540. The average molecular weight is 283 g/mol. The molecule has 1 aromatic rings. The molecule has 88 valence electrons. The Morgan fingerprint density at radius 2 is 2.12 bits per heavy atom. The van der Waals surface area contributed by atoms with Gasteiger partial charge in [0.1, 0.15) is 0 Å². The van der Waals surface area contributed by atoms with Crippen LogP contribution in [0.3, 0.4) is 0 Å². The lowest BCUT2D eigenvalue weighted by molar-refractivity contribution is 0.353. The Bertz CT molecular complexity index is 388. The van der Waals surface area contributed by atoms with Crippen LogP contribution in [-0.2, 0) is 0 Å². The number of hydrogen-bond donors (Lipinski definition) is 1. The molecule has 0 unspecified atom stereocenters. The quantitative estimate of drug-likeness (QED) is 0.852. The fourth-order valence-electron chi connectivity index (χ4n) is 2.21. The van der Waals surface area contributed by atoms with Crippen molar-refractivity contribution in [2.24, 2.45) is 0 Å². The summed E-state index contributed by atoms with van der Waals surface area (Å²) in [5.41, 5.74) is 2.82. The first-order chi connectivity index (χ1) is 7.48. The van der Waals surface area contributed by atoms with Crippen LogP contribution in [0.25, 0.3) is 0 Å². The van der Waals surface area contributed by atoms with E-state index < -0.39 is 0 Å². The smallest absolute Gasteiger partial charge is 0.0514 e. The summed E-state index contributed by atoms with van der Waals surface area (Å²) >= 11 is 3.64. The number of halogens is 1. The third-order valence-electron chi connectivity index (χ3n) is 3.01. The first-order valence-electron chi connectivity index (χ1n) is 5.74. The van der Waals surface area contributed by atoms with Crippen LogP contribution in [-0.4, -0.2) is 25.2 Å². The van der Waals surface area contributed by atoms with Crippen LogP contribution >= 0.6 is 15.9 Å². The minimum Gasteiger partial charge on any atom is -0.368 e. The molecule has 1 fully saturated rings. The number of rotatable bonds is 1. The third-order valence-corrected chi connectivity index (χ3v) is 3.68. The molecular weight excluding hydrogens is 264 g/mol. The minimum atomic E-state index is 0.196. The normalized spacial score (nSPS) is 19.9. The molecule has 2 rings (SSSR count). The molecule has 1 aromatic carbocycles. The summed E-state index contributed by atoms with van der Waals surface area (Å²) in [7, 11) is 0. The summed E-state index contributed by atoms with van der Waals surface area (Å²) in [6.45, 7) is 9.82. The second-order valence-corrected chi connectivity index (χ2v) is 6.04. The van der Waals surface area contributed by atoms with Gasteiger partial charge in [-0.15, -0.1) is 0 Å². The average Bonchev–Trinajstić information content (AvgIpc) is 2.20. The largest absolute Gasteiger partial charge is 0.368 e. The van der Waals surface area contributed by atoms with Crippen molar-refractivity contribution < 1.29 is 0 Å². The van der Waals surface area contributed by atoms with Crippen LogP contribution in [0.4, 0.5) is 5.69 Å². The number of nitrogens with one attached hydrogen (secondary N) is 1. The number of benzene rings is 1. The van der Waals surface area contributed by atoms with E-state index in [4.69, 9.17) is 0 Å². The molecule has 0 saturated carbocycles. The topological polar surface area (TPSA) is 15.3 Å². The van der Waals surface area contributed by atoms with Crippen LogP contribution < -0.4 is 10.2 Å². The van der Waals surface area contributed by atoms with E-state index in [2.05, 4.69) is 65.1 Å². The van der Waals surface area contributed by atoms with Gasteiger partial charge >= 0.3 is 0 Å². The molecule has 0 aromatic heterocycles. The molecule has 0 aliphatic carbocycles. The van der Waals surface area contributed by atoms with Crippen molar-refractivity contribution in [3.05, 3.63) is 28.2 Å². The zero-order valence-corrected chi connectivity index (χ0v) is 11.8. The molecular formula is C13H19BrN2. The molecule has 1 N–H and O–H groups in total. The van der Waals surface area contributed by atoms with Gasteiger partial charge in [0.2, 0.25) is 0 Å². The van der Waals surface area contributed by atoms with Crippen molar-refractivity contribution in [2.75, 3.05) is 24.5 Å². The van der Waals surface area contributed by atoms with Crippen molar-refractivity contribution in [1.82, 2.24) is 5.32 Å². The SMILES string of the molecule is Cc1ccc(Br)c(N2CCNC(C)(C)C2)c1. The minimum absolute atomic E-state index is 0.196. The Labute approximate surface area is 106 Å². The van der Waals surface area contributed by atoms with Crippen LogP contribution in [0, 0.1) is 6.92 Å². The lowest BCUT2D eigenvalue weighted by Gasteiger charge is -2.40. The maximum absolute atomic E-state index is 3.64. The molecule has 1 saturated heterocycles. The van der Waals surface area contributed by atoms with E-state index in [1.165, 1.54) is 15.7 Å². The van der Waals surface area contributed by atoms with E-state index in [1.54, 1.807) is 0 Å². The molecule has 0 spiro atoms. The molecule has 0 atom stereocenters. The van der Waals surface area contributed by atoms with Gasteiger partial charge in [-0.1, -0.05) is 6.07 Å². The van der Waals surface area contributed by atoms with E-state index in [1.807, 2.05) is 0 Å². The van der Waals surface area contributed by atoms with Crippen molar-refractivity contribution >= 4 is 21.6 Å². The molecule has 1 aliphatic heterocycles. The molecule has 2 nitrogen and oxygen atoms in total. The van der Waals surface area contributed by atoms with E-state index in [-0.39, 0.29) is 5.54 Å². The predicted octanol–water partition coefficient (Wildman–Crippen LogP) is 2.95. The van der Waals surface area contributed by atoms with E-state index in [9.17, 15) is 0 Å². The highest BCUT2D eigenvalue weighted by atomic mass is 79.9. The number of piperazine rings is 1. The van der Waals surface area contributed by atoms with Gasteiger partial charge < -0.3 is 10.2 Å². The van der Waals surface area contributed by atoms with Gasteiger partial charge in [-0.3, -0.25) is 0 Å². The van der Waals surface area contributed by atoms with Gasteiger partial charge in [0.15, 0.2) is 0 Å². The summed E-state index contributed by atoms with van der Waals surface area (Å²) < 4.78 is 1.19. The molecule has 1 heterocycles. The standard InChI is InChI=1S/C13H19BrN2/c1-10-4-5-11(14)12(8-10)16-7-6-15-13(2,3)9-16/h4-5,8,15H,6-7,9H2,1-3H3. The number of hydrogen-bond acceptors (Lipinski definition) is 2. The van der Waals surface area contributed by atoms with Crippen LogP contribution in [0.5, 0.6) is 0 Å². The summed E-state index contributed by atoms with van der Waals surface area (Å²) in [5.74, 6) is 0. The Balaban J connectivity index is 2.26. The first-order valence-corrected chi connectivity index (χ1v) is 6.53. The summed E-state index contributed by atoms with van der Waals surface area (Å²) in [4.78, 5) is 2.45. The van der Waals surface area contributed by atoms with Crippen LogP contribution in [0.2, 0.25) is 0 Å². The summed E-state index contributed by atoms with van der Waals surface area (Å²) in [6, 6.07) is 6.53.